The molecule has 0 atom stereocenters. The number of nitrogen functional groups attached to an aromatic ring is 1. The Hall–Kier alpha value is -3.81. The molecule has 1 amide bonds. The summed E-state index contributed by atoms with van der Waals surface area (Å²) in [6, 6.07) is 11.1. The summed E-state index contributed by atoms with van der Waals surface area (Å²) in [5.41, 5.74) is 8.11. The third-order valence-corrected chi connectivity index (χ3v) is 3.62. The molecular weight excluding hydrogens is 318 g/mol. The lowest BCUT2D eigenvalue weighted by Gasteiger charge is -2.09. The van der Waals surface area contributed by atoms with Crippen molar-refractivity contribution in [3.8, 4) is 5.82 Å². The first-order valence-corrected chi connectivity index (χ1v) is 7.49. The number of amides is 1. The van der Waals surface area contributed by atoms with E-state index < -0.39 is 5.91 Å². The van der Waals surface area contributed by atoms with E-state index in [0.29, 0.717) is 11.5 Å². The van der Waals surface area contributed by atoms with Gasteiger partial charge in [-0.05, 0) is 24.3 Å². The molecule has 3 heterocycles. The zero-order valence-electron chi connectivity index (χ0n) is 13.0. The number of anilines is 2. The van der Waals surface area contributed by atoms with Crippen LogP contribution in [0.5, 0.6) is 0 Å². The minimum atomic E-state index is -0.454. The van der Waals surface area contributed by atoms with Crippen molar-refractivity contribution in [3.05, 3.63) is 67.0 Å². The van der Waals surface area contributed by atoms with Crippen molar-refractivity contribution >= 4 is 28.4 Å². The first kappa shape index (κ1) is 14.8. The van der Waals surface area contributed by atoms with Gasteiger partial charge in [-0.1, -0.05) is 12.1 Å². The van der Waals surface area contributed by atoms with E-state index in [-0.39, 0.29) is 11.5 Å². The Balaban J connectivity index is 1.72. The number of nitrogens with zero attached hydrogens (tertiary/aromatic N) is 5. The third-order valence-electron chi connectivity index (χ3n) is 3.62. The lowest BCUT2D eigenvalue weighted by Crippen LogP contribution is -2.18. The first-order valence-electron chi connectivity index (χ1n) is 7.49. The van der Waals surface area contributed by atoms with Crippen LogP contribution in [0.2, 0.25) is 0 Å². The average Bonchev–Trinajstić information content (AvgIpc) is 3.07. The van der Waals surface area contributed by atoms with Crippen molar-refractivity contribution in [1.82, 2.24) is 24.5 Å². The minimum absolute atomic E-state index is 0.0409. The zero-order chi connectivity index (χ0) is 17.2. The number of hydrogen-bond acceptors (Lipinski definition) is 6. The van der Waals surface area contributed by atoms with Gasteiger partial charge in [-0.15, -0.1) is 0 Å². The number of imidazole rings is 1. The molecule has 4 aromatic rings. The maximum absolute atomic E-state index is 12.5. The van der Waals surface area contributed by atoms with Gasteiger partial charge in [0, 0.05) is 6.20 Å². The highest BCUT2D eigenvalue weighted by molar-refractivity contribution is 6.05. The lowest BCUT2D eigenvalue weighted by molar-refractivity contribution is 0.102. The third kappa shape index (κ3) is 2.76. The standard InChI is InChI=1S/C17H13N7O/c18-16-15(17(25)22-11-4-3-7-19-8-11)23-14(9-20-16)24-10-21-12-5-1-2-6-13(12)24/h1-10H,(H2,18,20)(H,22,25). The summed E-state index contributed by atoms with van der Waals surface area (Å²) in [7, 11) is 0. The predicted molar refractivity (Wildman–Crippen MR) is 93.3 cm³/mol. The fraction of sp³-hybridized carbons (Fsp3) is 0. The number of carbonyl (C=O) groups is 1. The van der Waals surface area contributed by atoms with E-state index in [4.69, 9.17) is 5.73 Å². The van der Waals surface area contributed by atoms with Crippen molar-refractivity contribution in [2.24, 2.45) is 0 Å². The SMILES string of the molecule is Nc1ncc(-n2cnc3ccccc32)nc1C(=O)Nc1cccnc1. The molecule has 3 N–H and O–H groups in total. The molecule has 0 aliphatic rings. The number of para-hydroxylation sites is 2. The number of hydrogen-bond donors (Lipinski definition) is 2. The second kappa shape index (κ2) is 6.00. The molecule has 0 aliphatic heterocycles. The number of benzene rings is 1. The van der Waals surface area contributed by atoms with Crippen molar-refractivity contribution < 1.29 is 4.79 Å². The molecule has 0 bridgehead atoms. The number of pyridine rings is 1. The maximum atomic E-state index is 12.5. The van der Waals surface area contributed by atoms with Gasteiger partial charge >= 0.3 is 0 Å². The molecule has 8 nitrogen and oxygen atoms in total. The summed E-state index contributed by atoms with van der Waals surface area (Å²) in [5.74, 6) is 0.0538. The van der Waals surface area contributed by atoms with Gasteiger partial charge in [0.2, 0.25) is 0 Å². The van der Waals surface area contributed by atoms with Gasteiger partial charge < -0.3 is 11.1 Å². The van der Waals surface area contributed by atoms with Gasteiger partial charge in [-0.3, -0.25) is 14.3 Å². The largest absolute Gasteiger partial charge is 0.382 e. The maximum Gasteiger partial charge on any atom is 0.278 e. The van der Waals surface area contributed by atoms with Crippen molar-refractivity contribution in [3.63, 3.8) is 0 Å². The molecule has 0 radical (unpaired) electrons. The molecule has 25 heavy (non-hydrogen) atoms. The fourth-order valence-corrected chi connectivity index (χ4v) is 2.44. The number of rotatable bonds is 3. The Bertz CT molecular complexity index is 1060. The summed E-state index contributed by atoms with van der Waals surface area (Å²) in [5, 5.41) is 2.70. The van der Waals surface area contributed by atoms with Crippen LogP contribution in [-0.2, 0) is 0 Å². The van der Waals surface area contributed by atoms with E-state index in [1.165, 1.54) is 12.4 Å². The molecule has 0 unspecified atom stereocenters. The monoisotopic (exact) mass is 331 g/mol. The van der Waals surface area contributed by atoms with Crippen LogP contribution in [0.1, 0.15) is 10.5 Å². The second-order valence-electron chi connectivity index (χ2n) is 5.26. The average molecular weight is 331 g/mol. The number of nitrogens with one attached hydrogen (secondary N) is 1. The summed E-state index contributed by atoms with van der Waals surface area (Å²) in [6.07, 6.45) is 6.29. The summed E-state index contributed by atoms with van der Waals surface area (Å²) in [6.45, 7) is 0. The summed E-state index contributed by atoms with van der Waals surface area (Å²) in [4.78, 5) is 29.2. The molecule has 0 aliphatic carbocycles. The van der Waals surface area contributed by atoms with Crippen LogP contribution >= 0.6 is 0 Å². The van der Waals surface area contributed by atoms with E-state index in [1.54, 1.807) is 29.2 Å². The summed E-state index contributed by atoms with van der Waals surface area (Å²) >= 11 is 0. The lowest BCUT2D eigenvalue weighted by atomic mass is 10.3. The van der Waals surface area contributed by atoms with Gasteiger partial charge in [0.25, 0.3) is 5.91 Å². The molecule has 8 heteroatoms. The van der Waals surface area contributed by atoms with Crippen LogP contribution < -0.4 is 11.1 Å². The molecule has 0 fully saturated rings. The normalized spacial score (nSPS) is 10.7. The van der Waals surface area contributed by atoms with Crippen LogP contribution in [0.3, 0.4) is 0 Å². The first-order chi connectivity index (χ1) is 12.2. The minimum Gasteiger partial charge on any atom is -0.382 e. The van der Waals surface area contributed by atoms with Gasteiger partial charge in [0.05, 0.1) is 29.1 Å². The molecule has 122 valence electrons. The van der Waals surface area contributed by atoms with Gasteiger partial charge in [-0.25, -0.2) is 15.0 Å². The highest BCUT2D eigenvalue weighted by Crippen LogP contribution is 2.18. The number of aromatic nitrogens is 5. The van der Waals surface area contributed by atoms with Gasteiger partial charge in [0.1, 0.15) is 6.33 Å². The molecular formula is C17H13N7O. The topological polar surface area (TPSA) is 112 Å². The van der Waals surface area contributed by atoms with E-state index >= 15 is 0 Å². The Kier molecular flexibility index (Phi) is 3.55. The highest BCUT2D eigenvalue weighted by Gasteiger charge is 2.16. The van der Waals surface area contributed by atoms with E-state index in [2.05, 4.69) is 25.3 Å². The van der Waals surface area contributed by atoms with Gasteiger partial charge in [0.15, 0.2) is 17.3 Å². The van der Waals surface area contributed by atoms with Crippen molar-refractivity contribution in [2.75, 3.05) is 11.1 Å². The predicted octanol–water partition coefficient (Wildman–Crippen LogP) is 2.04. The van der Waals surface area contributed by atoms with Crippen LogP contribution in [0.15, 0.2) is 61.3 Å². The number of fused-ring (bicyclic) bond motifs is 1. The van der Waals surface area contributed by atoms with Crippen LogP contribution in [-0.4, -0.2) is 30.4 Å². The Morgan fingerprint density at radius 2 is 1.96 bits per heavy atom. The molecule has 0 saturated carbocycles. The van der Waals surface area contributed by atoms with Crippen molar-refractivity contribution in [1.29, 1.82) is 0 Å². The van der Waals surface area contributed by atoms with Crippen LogP contribution in [0.25, 0.3) is 16.9 Å². The number of carbonyl (C=O) groups excluding carboxylic acids is 1. The van der Waals surface area contributed by atoms with E-state index in [9.17, 15) is 4.79 Å². The second-order valence-corrected chi connectivity index (χ2v) is 5.26. The Morgan fingerprint density at radius 3 is 2.80 bits per heavy atom. The van der Waals surface area contributed by atoms with E-state index in [1.807, 2.05) is 24.3 Å². The molecule has 4 rings (SSSR count). The molecule has 3 aromatic heterocycles. The van der Waals surface area contributed by atoms with Crippen LogP contribution in [0, 0.1) is 0 Å². The number of nitrogens with two attached hydrogens (primary N) is 1. The van der Waals surface area contributed by atoms with E-state index in [0.717, 1.165) is 11.0 Å². The van der Waals surface area contributed by atoms with Crippen molar-refractivity contribution in [2.45, 2.75) is 0 Å². The quantitative estimate of drug-likeness (QED) is 0.594. The van der Waals surface area contributed by atoms with Gasteiger partial charge in [-0.2, -0.15) is 0 Å². The Morgan fingerprint density at radius 1 is 1.08 bits per heavy atom. The Labute approximate surface area is 142 Å². The zero-order valence-corrected chi connectivity index (χ0v) is 13.0. The fourth-order valence-electron chi connectivity index (χ4n) is 2.44. The van der Waals surface area contributed by atoms with Crippen LogP contribution in [0.4, 0.5) is 11.5 Å². The smallest absolute Gasteiger partial charge is 0.278 e. The molecule has 1 aromatic carbocycles. The molecule has 0 saturated heterocycles. The molecule has 0 spiro atoms. The highest BCUT2D eigenvalue weighted by atomic mass is 16.1. The summed E-state index contributed by atoms with van der Waals surface area (Å²) < 4.78 is 1.75.